The van der Waals surface area contributed by atoms with Crippen molar-refractivity contribution in [1.29, 1.82) is 5.41 Å². The quantitative estimate of drug-likeness (QED) is 0.467. The SMILES string of the molecule is CC(=N)C(=O)OCCN(C)C. The van der Waals surface area contributed by atoms with Crippen LogP contribution < -0.4 is 0 Å². The second kappa shape index (κ2) is 4.85. The van der Waals surface area contributed by atoms with Gasteiger partial charge in [0, 0.05) is 6.54 Å². The molecule has 0 saturated heterocycles. The summed E-state index contributed by atoms with van der Waals surface area (Å²) in [5.41, 5.74) is -0.0521. The normalized spacial score (nSPS) is 9.82. The molecular weight excluding hydrogens is 144 g/mol. The number of rotatable bonds is 4. The molecule has 0 aromatic rings. The highest BCUT2D eigenvalue weighted by molar-refractivity contribution is 6.33. The first-order valence-corrected chi connectivity index (χ1v) is 3.41. The third-order valence-corrected chi connectivity index (χ3v) is 1.08. The van der Waals surface area contributed by atoms with Gasteiger partial charge in [-0.15, -0.1) is 0 Å². The van der Waals surface area contributed by atoms with Crippen LogP contribution >= 0.6 is 0 Å². The molecule has 0 aromatic carbocycles. The van der Waals surface area contributed by atoms with Gasteiger partial charge in [0.1, 0.15) is 12.3 Å². The van der Waals surface area contributed by atoms with Crippen molar-refractivity contribution in [2.24, 2.45) is 0 Å². The molecule has 0 saturated carbocycles. The number of likely N-dealkylation sites (N-methyl/N-ethyl adjacent to an activating group) is 1. The smallest absolute Gasteiger partial charge is 0.351 e. The Kier molecular flexibility index (Phi) is 4.45. The van der Waals surface area contributed by atoms with E-state index in [4.69, 9.17) is 10.1 Å². The largest absolute Gasteiger partial charge is 0.460 e. The van der Waals surface area contributed by atoms with Crippen LogP contribution in [0.5, 0.6) is 0 Å². The van der Waals surface area contributed by atoms with Crippen LogP contribution in [0.2, 0.25) is 0 Å². The molecule has 4 nitrogen and oxygen atoms in total. The lowest BCUT2D eigenvalue weighted by atomic mass is 10.4. The number of ether oxygens (including phenoxy) is 1. The molecule has 1 N–H and O–H groups in total. The number of nitrogens with one attached hydrogen (secondary N) is 1. The minimum atomic E-state index is -0.535. The van der Waals surface area contributed by atoms with Gasteiger partial charge in [-0.1, -0.05) is 0 Å². The van der Waals surface area contributed by atoms with Crippen LogP contribution in [0.1, 0.15) is 6.92 Å². The van der Waals surface area contributed by atoms with Gasteiger partial charge >= 0.3 is 5.97 Å². The first kappa shape index (κ1) is 10.1. The van der Waals surface area contributed by atoms with E-state index in [1.54, 1.807) is 0 Å². The van der Waals surface area contributed by atoms with Crippen LogP contribution in [-0.2, 0) is 9.53 Å². The summed E-state index contributed by atoms with van der Waals surface area (Å²) in [7, 11) is 3.79. The number of nitrogens with zero attached hydrogens (tertiary/aromatic N) is 1. The summed E-state index contributed by atoms with van der Waals surface area (Å²) in [5, 5.41) is 6.90. The Balaban J connectivity index is 3.40. The Hall–Kier alpha value is -0.900. The summed E-state index contributed by atoms with van der Waals surface area (Å²) in [6.45, 7) is 2.46. The summed E-state index contributed by atoms with van der Waals surface area (Å²) in [5.74, 6) is -0.535. The van der Waals surface area contributed by atoms with E-state index in [0.29, 0.717) is 13.2 Å². The monoisotopic (exact) mass is 158 g/mol. The Bertz CT molecular complexity index is 155. The van der Waals surface area contributed by atoms with Crippen LogP contribution in [0, 0.1) is 5.41 Å². The van der Waals surface area contributed by atoms with E-state index in [0.717, 1.165) is 0 Å². The molecule has 11 heavy (non-hydrogen) atoms. The fourth-order valence-electron chi connectivity index (χ4n) is 0.429. The second-order valence-corrected chi connectivity index (χ2v) is 2.56. The van der Waals surface area contributed by atoms with E-state index in [1.807, 2.05) is 19.0 Å². The van der Waals surface area contributed by atoms with Gasteiger partial charge in [-0.2, -0.15) is 0 Å². The van der Waals surface area contributed by atoms with Gasteiger partial charge in [-0.05, 0) is 21.0 Å². The number of carbonyl (C=O) groups is 1. The number of hydrogen-bond donors (Lipinski definition) is 1. The number of esters is 1. The molecule has 0 bridgehead atoms. The molecule has 0 aliphatic carbocycles. The van der Waals surface area contributed by atoms with E-state index < -0.39 is 5.97 Å². The predicted octanol–water partition coefficient (Wildman–Crippen LogP) is 0.131. The molecule has 0 heterocycles. The minimum absolute atomic E-state index is 0.0521. The molecule has 0 atom stereocenters. The molecule has 0 aliphatic heterocycles. The first-order chi connectivity index (χ1) is 5.04. The Morgan fingerprint density at radius 1 is 1.55 bits per heavy atom. The van der Waals surface area contributed by atoms with Crippen molar-refractivity contribution in [2.75, 3.05) is 27.2 Å². The predicted molar refractivity (Wildman–Crippen MR) is 42.9 cm³/mol. The molecule has 0 unspecified atom stereocenters. The number of carbonyl (C=O) groups excluding carboxylic acids is 1. The Morgan fingerprint density at radius 2 is 2.09 bits per heavy atom. The van der Waals surface area contributed by atoms with Crippen molar-refractivity contribution in [2.45, 2.75) is 6.92 Å². The van der Waals surface area contributed by atoms with Crippen molar-refractivity contribution >= 4 is 11.7 Å². The summed E-state index contributed by atoms with van der Waals surface area (Å²) < 4.78 is 4.71. The average Bonchev–Trinajstić information content (AvgIpc) is 1.86. The lowest BCUT2D eigenvalue weighted by Gasteiger charge is -2.08. The molecule has 64 valence electrons. The average molecular weight is 158 g/mol. The van der Waals surface area contributed by atoms with Gasteiger partial charge in [0.15, 0.2) is 0 Å². The lowest BCUT2D eigenvalue weighted by molar-refractivity contribution is -0.135. The van der Waals surface area contributed by atoms with Crippen molar-refractivity contribution in [3.05, 3.63) is 0 Å². The molecule has 0 aromatic heterocycles. The van der Waals surface area contributed by atoms with Crippen molar-refractivity contribution in [3.63, 3.8) is 0 Å². The third kappa shape index (κ3) is 5.54. The topological polar surface area (TPSA) is 53.4 Å². The zero-order chi connectivity index (χ0) is 8.85. The van der Waals surface area contributed by atoms with Gasteiger partial charge in [0.05, 0.1) is 0 Å². The Labute approximate surface area is 66.6 Å². The molecule has 0 aliphatic rings. The Morgan fingerprint density at radius 3 is 2.45 bits per heavy atom. The van der Waals surface area contributed by atoms with Crippen LogP contribution in [0.4, 0.5) is 0 Å². The highest BCUT2D eigenvalue weighted by atomic mass is 16.5. The van der Waals surface area contributed by atoms with Gasteiger partial charge in [-0.25, -0.2) is 4.79 Å². The van der Waals surface area contributed by atoms with Gasteiger partial charge in [0.2, 0.25) is 0 Å². The van der Waals surface area contributed by atoms with E-state index in [9.17, 15) is 4.79 Å². The van der Waals surface area contributed by atoms with Crippen molar-refractivity contribution < 1.29 is 9.53 Å². The fourth-order valence-corrected chi connectivity index (χ4v) is 0.429. The molecule has 0 fully saturated rings. The van der Waals surface area contributed by atoms with Crippen LogP contribution in [0.3, 0.4) is 0 Å². The third-order valence-electron chi connectivity index (χ3n) is 1.08. The van der Waals surface area contributed by atoms with Gasteiger partial charge < -0.3 is 9.64 Å². The molecule has 0 amide bonds. The maximum atomic E-state index is 10.7. The highest BCUT2D eigenvalue weighted by Gasteiger charge is 2.03. The van der Waals surface area contributed by atoms with Gasteiger partial charge in [-0.3, -0.25) is 5.41 Å². The second-order valence-electron chi connectivity index (χ2n) is 2.56. The van der Waals surface area contributed by atoms with Crippen molar-refractivity contribution in [3.8, 4) is 0 Å². The maximum Gasteiger partial charge on any atom is 0.351 e. The lowest BCUT2D eigenvalue weighted by Crippen LogP contribution is -2.22. The fraction of sp³-hybridized carbons (Fsp3) is 0.714. The molecule has 0 rings (SSSR count). The zero-order valence-corrected chi connectivity index (χ0v) is 7.18. The van der Waals surface area contributed by atoms with Crippen LogP contribution in [0.15, 0.2) is 0 Å². The highest BCUT2D eigenvalue weighted by Crippen LogP contribution is 1.82. The summed E-state index contributed by atoms with van der Waals surface area (Å²) in [6.07, 6.45) is 0. The van der Waals surface area contributed by atoms with Crippen molar-refractivity contribution in [1.82, 2.24) is 4.90 Å². The van der Waals surface area contributed by atoms with Gasteiger partial charge in [0.25, 0.3) is 0 Å². The summed E-state index contributed by atoms with van der Waals surface area (Å²) >= 11 is 0. The molecule has 0 spiro atoms. The number of hydrogen-bond acceptors (Lipinski definition) is 4. The van der Waals surface area contributed by atoms with E-state index in [2.05, 4.69) is 0 Å². The summed E-state index contributed by atoms with van der Waals surface area (Å²) in [6, 6.07) is 0. The molecule has 4 heteroatoms. The first-order valence-electron chi connectivity index (χ1n) is 3.41. The minimum Gasteiger partial charge on any atom is -0.460 e. The van der Waals surface area contributed by atoms with E-state index in [1.165, 1.54) is 6.92 Å². The molecular formula is C7H14N2O2. The van der Waals surface area contributed by atoms with E-state index >= 15 is 0 Å². The standard InChI is InChI=1S/C7H14N2O2/c1-6(8)7(10)11-5-4-9(2)3/h8H,4-5H2,1-3H3. The van der Waals surface area contributed by atoms with Crippen LogP contribution in [-0.4, -0.2) is 43.8 Å². The van der Waals surface area contributed by atoms with E-state index in [-0.39, 0.29) is 5.71 Å². The zero-order valence-electron chi connectivity index (χ0n) is 7.18. The summed E-state index contributed by atoms with van der Waals surface area (Å²) in [4.78, 5) is 12.6. The molecule has 0 radical (unpaired) electrons. The van der Waals surface area contributed by atoms with Crippen LogP contribution in [0.25, 0.3) is 0 Å². The maximum absolute atomic E-state index is 10.7.